The highest BCUT2D eigenvalue weighted by atomic mass is 32.1. The van der Waals surface area contributed by atoms with Crippen LogP contribution in [0.3, 0.4) is 0 Å². The SMILES string of the molecule is Cc1ccc(-c2ccc(C)n2-c2ccc(-c3nc4ccccc4s3)cc2)cc1. The van der Waals surface area contributed by atoms with Crippen molar-refractivity contribution in [1.82, 2.24) is 9.55 Å². The van der Waals surface area contributed by atoms with E-state index in [-0.39, 0.29) is 0 Å². The van der Waals surface area contributed by atoms with Gasteiger partial charge in [-0.2, -0.15) is 0 Å². The summed E-state index contributed by atoms with van der Waals surface area (Å²) in [5.41, 5.74) is 8.34. The Kier molecular flexibility index (Phi) is 4.10. The lowest BCUT2D eigenvalue weighted by Gasteiger charge is -2.13. The van der Waals surface area contributed by atoms with Crippen molar-refractivity contribution in [3.8, 4) is 27.5 Å². The maximum atomic E-state index is 4.78. The molecule has 2 aromatic heterocycles. The monoisotopic (exact) mass is 380 g/mol. The summed E-state index contributed by atoms with van der Waals surface area (Å²) in [6.07, 6.45) is 0. The number of rotatable bonds is 3. The molecule has 136 valence electrons. The standard InChI is InChI=1S/C25H20N2S/c1-17-7-10-19(11-8-17)23-16-9-18(2)27(23)21-14-12-20(13-15-21)25-26-22-5-3-4-6-24(22)28-25/h3-16H,1-2H3. The molecule has 0 amide bonds. The van der Waals surface area contributed by atoms with Crippen molar-refractivity contribution < 1.29 is 0 Å². The van der Waals surface area contributed by atoms with Crippen LogP contribution in [0.2, 0.25) is 0 Å². The lowest BCUT2D eigenvalue weighted by molar-refractivity contribution is 1.02. The molecule has 0 saturated carbocycles. The van der Waals surface area contributed by atoms with Gasteiger partial charge in [-0.05, 0) is 67.9 Å². The van der Waals surface area contributed by atoms with E-state index in [1.54, 1.807) is 11.3 Å². The van der Waals surface area contributed by atoms with Gasteiger partial charge in [0.25, 0.3) is 0 Å². The van der Waals surface area contributed by atoms with Crippen molar-refractivity contribution >= 4 is 21.6 Å². The average Bonchev–Trinajstić information content (AvgIpc) is 3.32. The zero-order valence-corrected chi connectivity index (χ0v) is 16.7. The maximum Gasteiger partial charge on any atom is 0.124 e. The number of hydrogen-bond donors (Lipinski definition) is 0. The third-order valence-corrected chi connectivity index (χ3v) is 6.18. The van der Waals surface area contributed by atoms with Crippen LogP contribution in [0.15, 0.2) is 84.9 Å². The number of thiazole rings is 1. The van der Waals surface area contributed by atoms with Crippen molar-refractivity contribution in [2.45, 2.75) is 13.8 Å². The van der Waals surface area contributed by atoms with E-state index < -0.39 is 0 Å². The lowest BCUT2D eigenvalue weighted by atomic mass is 10.1. The van der Waals surface area contributed by atoms with Crippen LogP contribution in [0, 0.1) is 13.8 Å². The maximum absolute atomic E-state index is 4.78. The van der Waals surface area contributed by atoms with Crippen LogP contribution in [0.1, 0.15) is 11.3 Å². The molecule has 0 aliphatic rings. The fourth-order valence-electron chi connectivity index (χ4n) is 3.58. The fourth-order valence-corrected chi connectivity index (χ4v) is 4.55. The Labute approximate surface area is 168 Å². The van der Waals surface area contributed by atoms with E-state index >= 15 is 0 Å². The number of para-hydroxylation sites is 1. The highest BCUT2D eigenvalue weighted by molar-refractivity contribution is 7.21. The van der Waals surface area contributed by atoms with Crippen LogP contribution < -0.4 is 0 Å². The molecule has 0 radical (unpaired) electrons. The van der Waals surface area contributed by atoms with Gasteiger partial charge < -0.3 is 4.57 Å². The van der Waals surface area contributed by atoms with Crippen LogP contribution in [0.4, 0.5) is 0 Å². The molecule has 0 aliphatic heterocycles. The number of aromatic nitrogens is 2. The number of benzene rings is 3. The second-order valence-electron chi connectivity index (χ2n) is 7.10. The molecule has 0 bridgehead atoms. The summed E-state index contributed by atoms with van der Waals surface area (Å²) < 4.78 is 3.54. The minimum atomic E-state index is 1.06. The largest absolute Gasteiger partial charge is 0.314 e. The molecule has 3 aromatic carbocycles. The van der Waals surface area contributed by atoms with Gasteiger partial charge in [-0.1, -0.05) is 42.0 Å². The molecular formula is C25H20N2S. The van der Waals surface area contributed by atoms with Crippen LogP contribution in [-0.4, -0.2) is 9.55 Å². The molecule has 2 heterocycles. The predicted octanol–water partition coefficient (Wildman–Crippen LogP) is 7.04. The summed E-state index contributed by atoms with van der Waals surface area (Å²) in [6.45, 7) is 4.27. The van der Waals surface area contributed by atoms with Gasteiger partial charge in [0.15, 0.2) is 0 Å². The third-order valence-electron chi connectivity index (χ3n) is 5.09. The molecule has 28 heavy (non-hydrogen) atoms. The zero-order chi connectivity index (χ0) is 19.1. The smallest absolute Gasteiger partial charge is 0.124 e. The van der Waals surface area contributed by atoms with Gasteiger partial charge in [0.05, 0.1) is 15.9 Å². The van der Waals surface area contributed by atoms with Crippen molar-refractivity contribution in [2.24, 2.45) is 0 Å². The molecule has 0 N–H and O–H groups in total. The van der Waals surface area contributed by atoms with Gasteiger partial charge in [0.1, 0.15) is 5.01 Å². The predicted molar refractivity (Wildman–Crippen MR) is 119 cm³/mol. The van der Waals surface area contributed by atoms with E-state index in [0.717, 1.165) is 16.1 Å². The highest BCUT2D eigenvalue weighted by Gasteiger charge is 2.11. The van der Waals surface area contributed by atoms with Gasteiger partial charge >= 0.3 is 0 Å². The minimum absolute atomic E-state index is 1.06. The van der Waals surface area contributed by atoms with E-state index in [9.17, 15) is 0 Å². The first kappa shape index (κ1) is 17.0. The Balaban J connectivity index is 1.54. The van der Waals surface area contributed by atoms with Crippen LogP contribution in [0.25, 0.3) is 37.7 Å². The van der Waals surface area contributed by atoms with Crippen molar-refractivity contribution in [3.05, 3.63) is 96.2 Å². The number of fused-ring (bicyclic) bond motifs is 1. The number of aryl methyl sites for hydroxylation is 2. The molecule has 0 unspecified atom stereocenters. The topological polar surface area (TPSA) is 17.8 Å². The molecule has 0 spiro atoms. The Bertz CT molecular complexity index is 1230. The molecule has 3 heteroatoms. The second-order valence-corrected chi connectivity index (χ2v) is 8.13. The normalized spacial score (nSPS) is 11.2. The molecule has 5 aromatic rings. The summed E-state index contributed by atoms with van der Waals surface area (Å²) in [4.78, 5) is 4.78. The Hall–Kier alpha value is -3.17. The van der Waals surface area contributed by atoms with Crippen LogP contribution >= 0.6 is 11.3 Å². The second kappa shape index (κ2) is 6.77. The van der Waals surface area contributed by atoms with Crippen LogP contribution in [-0.2, 0) is 0 Å². The Morgan fingerprint density at radius 2 is 1.43 bits per heavy atom. The highest BCUT2D eigenvalue weighted by Crippen LogP contribution is 2.32. The summed E-state index contributed by atoms with van der Waals surface area (Å²) in [5.74, 6) is 0. The first-order chi connectivity index (χ1) is 13.7. The molecule has 0 aliphatic carbocycles. The molecule has 0 saturated heterocycles. The van der Waals surface area contributed by atoms with Gasteiger partial charge in [0, 0.05) is 16.9 Å². The van der Waals surface area contributed by atoms with Crippen molar-refractivity contribution in [2.75, 3.05) is 0 Å². The summed E-state index contributed by atoms with van der Waals surface area (Å²) >= 11 is 1.74. The van der Waals surface area contributed by atoms with Crippen LogP contribution in [0.5, 0.6) is 0 Å². The van der Waals surface area contributed by atoms with E-state index in [1.165, 1.54) is 32.9 Å². The number of hydrogen-bond acceptors (Lipinski definition) is 2. The van der Waals surface area contributed by atoms with Gasteiger partial charge in [-0.3, -0.25) is 0 Å². The van der Waals surface area contributed by atoms with Crippen molar-refractivity contribution in [3.63, 3.8) is 0 Å². The lowest BCUT2D eigenvalue weighted by Crippen LogP contribution is -1.98. The van der Waals surface area contributed by atoms with Gasteiger partial charge in [-0.25, -0.2) is 4.98 Å². The first-order valence-electron chi connectivity index (χ1n) is 9.41. The summed E-state index contributed by atoms with van der Waals surface area (Å²) in [6, 6.07) is 30.1. The molecular weight excluding hydrogens is 360 g/mol. The van der Waals surface area contributed by atoms with E-state index in [2.05, 4.69) is 97.3 Å². The van der Waals surface area contributed by atoms with Gasteiger partial charge in [0.2, 0.25) is 0 Å². The van der Waals surface area contributed by atoms with E-state index in [1.807, 2.05) is 6.07 Å². The van der Waals surface area contributed by atoms with Gasteiger partial charge in [-0.15, -0.1) is 11.3 Å². The molecule has 5 rings (SSSR count). The zero-order valence-electron chi connectivity index (χ0n) is 15.9. The van der Waals surface area contributed by atoms with E-state index in [4.69, 9.17) is 4.98 Å². The third kappa shape index (κ3) is 2.94. The van der Waals surface area contributed by atoms with Crippen molar-refractivity contribution in [1.29, 1.82) is 0 Å². The summed E-state index contributed by atoms with van der Waals surface area (Å²) in [5, 5.41) is 1.07. The number of nitrogens with zero attached hydrogens (tertiary/aromatic N) is 2. The fraction of sp³-hybridized carbons (Fsp3) is 0.0800. The quantitative estimate of drug-likeness (QED) is 0.328. The Morgan fingerprint density at radius 1 is 0.714 bits per heavy atom. The molecule has 2 nitrogen and oxygen atoms in total. The average molecular weight is 381 g/mol. The summed E-state index contributed by atoms with van der Waals surface area (Å²) in [7, 11) is 0. The minimum Gasteiger partial charge on any atom is -0.314 e. The molecule has 0 atom stereocenters. The first-order valence-corrected chi connectivity index (χ1v) is 10.2. The van der Waals surface area contributed by atoms with E-state index in [0.29, 0.717) is 0 Å². The molecule has 0 fully saturated rings. The Morgan fingerprint density at radius 3 is 2.18 bits per heavy atom.